The number of hydroxylamine groups is 1. The molecule has 0 saturated heterocycles. The van der Waals surface area contributed by atoms with Gasteiger partial charge in [-0.05, 0) is 6.92 Å². The number of aromatic nitrogens is 2. The van der Waals surface area contributed by atoms with Crippen LogP contribution >= 0.6 is 0 Å². The zero-order valence-corrected chi connectivity index (χ0v) is 5.75. The number of aromatic hydroxyl groups is 1. The lowest BCUT2D eigenvalue weighted by molar-refractivity contribution is 0.0697. The van der Waals surface area contributed by atoms with Crippen LogP contribution in [0.25, 0.3) is 0 Å². The fourth-order valence-electron chi connectivity index (χ4n) is 0.641. The number of hydrogen-bond donors (Lipinski definition) is 4. The summed E-state index contributed by atoms with van der Waals surface area (Å²) in [6.07, 6.45) is 0. The summed E-state index contributed by atoms with van der Waals surface area (Å²) in [7, 11) is 0. The van der Waals surface area contributed by atoms with Crippen molar-refractivity contribution in [3.05, 3.63) is 11.4 Å². The Labute approximate surface area is 61.8 Å². The molecule has 0 aromatic carbocycles. The first-order valence-corrected chi connectivity index (χ1v) is 2.85. The molecule has 1 aromatic rings. The van der Waals surface area contributed by atoms with Gasteiger partial charge in [0, 0.05) is 0 Å². The molecule has 0 aliphatic rings. The Morgan fingerprint density at radius 1 is 1.73 bits per heavy atom. The highest BCUT2D eigenvalue weighted by Gasteiger charge is 2.14. The Morgan fingerprint density at radius 3 is 2.73 bits per heavy atom. The van der Waals surface area contributed by atoms with Crippen molar-refractivity contribution >= 4 is 5.91 Å². The molecule has 0 saturated carbocycles. The van der Waals surface area contributed by atoms with E-state index in [-0.39, 0.29) is 11.4 Å². The number of hydrogen-bond acceptors (Lipinski definition) is 4. The number of nitrogens with one attached hydrogen (secondary N) is 2. The summed E-state index contributed by atoms with van der Waals surface area (Å²) >= 11 is 0. The Morgan fingerprint density at radius 2 is 2.36 bits per heavy atom. The van der Waals surface area contributed by atoms with Crippen molar-refractivity contribution in [2.45, 2.75) is 6.92 Å². The van der Waals surface area contributed by atoms with Crippen LogP contribution in [0, 0.1) is 6.92 Å². The quantitative estimate of drug-likeness (QED) is 0.327. The summed E-state index contributed by atoms with van der Waals surface area (Å²) in [4.78, 5) is 10.7. The summed E-state index contributed by atoms with van der Waals surface area (Å²) < 4.78 is 0. The number of nitrogens with zero attached hydrogens (tertiary/aromatic N) is 1. The number of rotatable bonds is 1. The third-order valence-corrected chi connectivity index (χ3v) is 1.24. The molecule has 0 aliphatic carbocycles. The van der Waals surface area contributed by atoms with Crippen LogP contribution in [0.3, 0.4) is 0 Å². The molecule has 0 radical (unpaired) electrons. The van der Waals surface area contributed by atoms with Crippen LogP contribution in [-0.4, -0.2) is 26.4 Å². The van der Waals surface area contributed by atoms with E-state index in [9.17, 15) is 4.79 Å². The van der Waals surface area contributed by atoms with Crippen molar-refractivity contribution in [1.29, 1.82) is 0 Å². The van der Waals surface area contributed by atoms with E-state index in [0.29, 0.717) is 5.69 Å². The van der Waals surface area contributed by atoms with Crippen LogP contribution in [0.2, 0.25) is 0 Å². The lowest BCUT2D eigenvalue weighted by atomic mass is 10.3. The number of carbonyl (C=O) groups is 1. The smallest absolute Gasteiger partial charge is 0.296 e. The maximum Gasteiger partial charge on any atom is 0.296 e. The zero-order chi connectivity index (χ0) is 8.43. The van der Waals surface area contributed by atoms with Crippen LogP contribution in [-0.2, 0) is 0 Å². The van der Waals surface area contributed by atoms with Crippen molar-refractivity contribution in [3.63, 3.8) is 0 Å². The summed E-state index contributed by atoms with van der Waals surface area (Å²) in [5, 5.41) is 23.0. The number of H-pyrrole nitrogens is 1. The maximum atomic E-state index is 10.7. The minimum absolute atomic E-state index is 0.148. The van der Waals surface area contributed by atoms with Crippen molar-refractivity contribution in [2.75, 3.05) is 0 Å². The first-order valence-electron chi connectivity index (χ1n) is 2.85. The second-order valence-corrected chi connectivity index (χ2v) is 1.97. The van der Waals surface area contributed by atoms with E-state index in [1.54, 1.807) is 0 Å². The van der Waals surface area contributed by atoms with Gasteiger partial charge in [-0.15, -0.1) is 0 Å². The van der Waals surface area contributed by atoms with Gasteiger partial charge in [-0.25, -0.2) is 5.48 Å². The predicted octanol–water partition coefficient (Wildman–Crippen LogP) is -0.457. The molecule has 4 N–H and O–H groups in total. The summed E-state index contributed by atoms with van der Waals surface area (Å²) in [6.45, 7) is 1.53. The second kappa shape index (κ2) is 2.59. The number of aryl methyl sites for hydroxylation is 1. The first kappa shape index (κ1) is 7.55. The molecule has 1 heterocycles. The van der Waals surface area contributed by atoms with Gasteiger partial charge in [0.1, 0.15) is 5.69 Å². The second-order valence-electron chi connectivity index (χ2n) is 1.97. The van der Waals surface area contributed by atoms with Crippen molar-refractivity contribution < 1.29 is 15.1 Å². The lowest BCUT2D eigenvalue weighted by Gasteiger charge is -1.93. The third kappa shape index (κ3) is 1.15. The Kier molecular flexibility index (Phi) is 1.77. The van der Waals surface area contributed by atoms with Gasteiger partial charge < -0.3 is 5.11 Å². The average molecular weight is 157 g/mol. The Hall–Kier alpha value is -1.56. The van der Waals surface area contributed by atoms with Crippen LogP contribution in [0.15, 0.2) is 0 Å². The van der Waals surface area contributed by atoms with E-state index < -0.39 is 5.91 Å². The van der Waals surface area contributed by atoms with Crippen molar-refractivity contribution in [1.82, 2.24) is 15.7 Å². The molecular weight excluding hydrogens is 150 g/mol. The van der Waals surface area contributed by atoms with Gasteiger partial charge in [-0.1, -0.05) is 0 Å². The van der Waals surface area contributed by atoms with Gasteiger partial charge >= 0.3 is 0 Å². The molecular formula is C5H7N3O3. The first-order chi connectivity index (χ1) is 5.16. The summed E-state index contributed by atoms with van der Waals surface area (Å²) in [5.74, 6) is -1.07. The van der Waals surface area contributed by atoms with E-state index >= 15 is 0 Å². The van der Waals surface area contributed by atoms with Gasteiger partial charge in [-0.3, -0.25) is 15.1 Å². The molecule has 6 heteroatoms. The number of amides is 1. The van der Waals surface area contributed by atoms with E-state index in [2.05, 4.69) is 10.2 Å². The Bertz CT molecular complexity index is 281. The zero-order valence-electron chi connectivity index (χ0n) is 5.75. The highest BCUT2D eigenvalue weighted by Crippen LogP contribution is 2.17. The highest BCUT2D eigenvalue weighted by atomic mass is 16.5. The molecule has 0 unspecified atom stereocenters. The minimum Gasteiger partial charge on any atom is -0.504 e. The molecule has 0 bridgehead atoms. The Balaban J connectivity index is 3.04. The summed E-state index contributed by atoms with van der Waals surface area (Å²) in [6, 6.07) is 0. The molecule has 1 amide bonds. The number of carbonyl (C=O) groups excluding carboxylic acids is 1. The standard InChI is InChI=1S/C5H7N3O3/c1-2-4(9)3(7-6-2)5(10)8-11/h9,11H,1H3,(H,6,7)(H,8,10). The molecule has 0 atom stereocenters. The van der Waals surface area contributed by atoms with Gasteiger partial charge in [0.05, 0.1) is 0 Å². The molecule has 0 fully saturated rings. The monoisotopic (exact) mass is 157 g/mol. The molecule has 1 aromatic heterocycles. The fraction of sp³-hybridized carbons (Fsp3) is 0.200. The lowest BCUT2D eigenvalue weighted by Crippen LogP contribution is -2.19. The highest BCUT2D eigenvalue weighted by molar-refractivity contribution is 5.94. The molecule has 0 spiro atoms. The van der Waals surface area contributed by atoms with Crippen LogP contribution < -0.4 is 5.48 Å². The van der Waals surface area contributed by atoms with Gasteiger partial charge in [0.15, 0.2) is 11.4 Å². The molecule has 6 nitrogen and oxygen atoms in total. The van der Waals surface area contributed by atoms with Gasteiger partial charge in [0.25, 0.3) is 5.91 Å². The number of aromatic amines is 1. The normalized spacial score (nSPS) is 9.64. The van der Waals surface area contributed by atoms with Crippen molar-refractivity contribution in [3.8, 4) is 5.75 Å². The van der Waals surface area contributed by atoms with E-state index in [4.69, 9.17) is 10.3 Å². The molecule has 60 valence electrons. The minimum atomic E-state index is -0.817. The average Bonchev–Trinajstić information content (AvgIpc) is 2.32. The molecule has 11 heavy (non-hydrogen) atoms. The van der Waals surface area contributed by atoms with E-state index in [1.807, 2.05) is 0 Å². The maximum absolute atomic E-state index is 10.7. The van der Waals surface area contributed by atoms with Crippen LogP contribution in [0.4, 0.5) is 0 Å². The van der Waals surface area contributed by atoms with Crippen LogP contribution in [0.1, 0.15) is 16.2 Å². The van der Waals surface area contributed by atoms with Gasteiger partial charge in [-0.2, -0.15) is 5.10 Å². The third-order valence-electron chi connectivity index (χ3n) is 1.24. The SMILES string of the molecule is Cc1n[nH]c(C(=O)NO)c1O. The van der Waals surface area contributed by atoms with E-state index in [1.165, 1.54) is 12.4 Å². The van der Waals surface area contributed by atoms with Gasteiger partial charge in [0.2, 0.25) is 0 Å². The summed E-state index contributed by atoms with van der Waals surface area (Å²) in [5.41, 5.74) is 1.53. The molecule has 1 rings (SSSR count). The fourth-order valence-corrected chi connectivity index (χ4v) is 0.641. The predicted molar refractivity (Wildman–Crippen MR) is 34.2 cm³/mol. The van der Waals surface area contributed by atoms with E-state index in [0.717, 1.165) is 0 Å². The van der Waals surface area contributed by atoms with Crippen LogP contribution in [0.5, 0.6) is 5.75 Å². The van der Waals surface area contributed by atoms with Crippen molar-refractivity contribution in [2.24, 2.45) is 0 Å². The largest absolute Gasteiger partial charge is 0.504 e. The topological polar surface area (TPSA) is 98.2 Å². The molecule has 0 aliphatic heterocycles.